The van der Waals surface area contributed by atoms with Gasteiger partial charge in [-0.05, 0) is 24.6 Å². The van der Waals surface area contributed by atoms with Gasteiger partial charge in [0.05, 0.1) is 16.2 Å². The van der Waals surface area contributed by atoms with Gasteiger partial charge in [0.2, 0.25) is 5.82 Å². The Morgan fingerprint density at radius 3 is 2.75 bits per heavy atom. The minimum absolute atomic E-state index is 0.175. The van der Waals surface area contributed by atoms with Crippen LogP contribution >= 0.6 is 0 Å². The second kappa shape index (κ2) is 5.24. The number of nitrogens with zero attached hydrogens (tertiary/aromatic N) is 3. The monoisotopic (exact) mass is 269 g/mol. The number of nitro groups is 1. The molecular weight excluding hydrogens is 258 g/mol. The molecule has 0 bridgehead atoms. The summed E-state index contributed by atoms with van der Waals surface area (Å²) < 4.78 is 0. The lowest BCUT2D eigenvalue weighted by Gasteiger charge is -2.09. The molecule has 0 atom stereocenters. The van der Waals surface area contributed by atoms with Crippen LogP contribution in [-0.4, -0.2) is 9.91 Å². The number of hydrogen-bond acceptors (Lipinski definition) is 6. The standard InChI is InChI=1S/C13H11N5O2/c1-8-3-2-4-10(9(8)7-14)16-12-6-5-11(18(19)20)13(15)17-12/h2-6H,1H3,(H3,15,16,17). The molecule has 2 aromatic rings. The van der Waals surface area contributed by atoms with Crippen molar-refractivity contribution in [2.24, 2.45) is 0 Å². The third-order valence-corrected chi connectivity index (χ3v) is 2.75. The summed E-state index contributed by atoms with van der Waals surface area (Å²) in [5.74, 6) is 0.168. The third-order valence-electron chi connectivity index (χ3n) is 2.75. The van der Waals surface area contributed by atoms with Crippen LogP contribution in [0.15, 0.2) is 30.3 Å². The SMILES string of the molecule is Cc1cccc(Nc2ccc([N+](=O)[O-])c(N)n2)c1C#N. The molecule has 1 heterocycles. The van der Waals surface area contributed by atoms with Crippen molar-refractivity contribution in [1.82, 2.24) is 4.98 Å². The highest BCUT2D eigenvalue weighted by Crippen LogP contribution is 2.25. The van der Waals surface area contributed by atoms with Crippen LogP contribution in [0, 0.1) is 28.4 Å². The topological polar surface area (TPSA) is 118 Å². The van der Waals surface area contributed by atoms with Gasteiger partial charge in [0.1, 0.15) is 11.9 Å². The molecule has 0 saturated carbocycles. The van der Waals surface area contributed by atoms with E-state index >= 15 is 0 Å². The van der Waals surface area contributed by atoms with E-state index in [2.05, 4.69) is 16.4 Å². The van der Waals surface area contributed by atoms with Gasteiger partial charge in [0, 0.05) is 6.07 Å². The lowest BCUT2D eigenvalue weighted by atomic mass is 10.1. The summed E-state index contributed by atoms with van der Waals surface area (Å²) in [6.45, 7) is 1.82. The molecular formula is C13H11N5O2. The number of aryl methyl sites for hydroxylation is 1. The van der Waals surface area contributed by atoms with E-state index in [1.807, 2.05) is 13.0 Å². The molecule has 0 unspecified atom stereocenters. The molecule has 0 fully saturated rings. The Morgan fingerprint density at radius 2 is 2.15 bits per heavy atom. The third kappa shape index (κ3) is 2.49. The average Bonchev–Trinajstić information content (AvgIpc) is 2.38. The first-order chi connectivity index (χ1) is 9.52. The Morgan fingerprint density at radius 1 is 1.40 bits per heavy atom. The number of hydrogen-bond donors (Lipinski definition) is 2. The number of pyridine rings is 1. The number of anilines is 3. The van der Waals surface area contributed by atoms with Crippen molar-refractivity contribution in [3.63, 3.8) is 0 Å². The second-order valence-corrected chi connectivity index (χ2v) is 4.09. The summed E-state index contributed by atoms with van der Waals surface area (Å²) >= 11 is 0. The van der Waals surface area contributed by atoms with Crippen LogP contribution in [0.3, 0.4) is 0 Å². The van der Waals surface area contributed by atoms with E-state index in [1.54, 1.807) is 12.1 Å². The lowest BCUT2D eigenvalue weighted by molar-refractivity contribution is -0.384. The fraction of sp³-hybridized carbons (Fsp3) is 0.0769. The smallest absolute Gasteiger partial charge is 0.311 e. The van der Waals surface area contributed by atoms with Crippen molar-refractivity contribution in [2.45, 2.75) is 6.92 Å². The summed E-state index contributed by atoms with van der Waals surface area (Å²) in [5, 5.41) is 22.7. The first-order valence-electron chi connectivity index (χ1n) is 5.70. The Labute approximate surface area is 114 Å². The second-order valence-electron chi connectivity index (χ2n) is 4.09. The predicted octanol–water partition coefficient (Wildman–Crippen LogP) is 2.50. The molecule has 0 radical (unpaired) electrons. The number of rotatable bonds is 3. The average molecular weight is 269 g/mol. The number of nitrogens with two attached hydrogens (primary N) is 1. The summed E-state index contributed by atoms with van der Waals surface area (Å²) in [6, 6.07) is 10.2. The molecule has 0 saturated heterocycles. The van der Waals surface area contributed by atoms with Crippen molar-refractivity contribution in [3.8, 4) is 6.07 Å². The Kier molecular flexibility index (Phi) is 3.48. The Balaban J connectivity index is 2.37. The molecule has 1 aromatic heterocycles. The molecule has 3 N–H and O–H groups in total. The minimum atomic E-state index is -0.598. The van der Waals surface area contributed by atoms with Crippen molar-refractivity contribution >= 4 is 23.0 Å². The largest absolute Gasteiger partial charge is 0.378 e. The first kappa shape index (κ1) is 13.3. The number of nitrogens with one attached hydrogen (secondary N) is 1. The molecule has 1 aromatic carbocycles. The zero-order chi connectivity index (χ0) is 14.7. The van der Waals surface area contributed by atoms with Crippen molar-refractivity contribution in [2.75, 3.05) is 11.1 Å². The molecule has 100 valence electrons. The van der Waals surface area contributed by atoms with E-state index in [9.17, 15) is 10.1 Å². The van der Waals surface area contributed by atoms with Crippen LogP contribution in [0.1, 0.15) is 11.1 Å². The van der Waals surface area contributed by atoms with Gasteiger partial charge in [-0.15, -0.1) is 0 Å². The fourth-order valence-electron chi connectivity index (χ4n) is 1.75. The van der Waals surface area contributed by atoms with Crippen LogP contribution in [0.2, 0.25) is 0 Å². The molecule has 0 spiro atoms. The van der Waals surface area contributed by atoms with E-state index in [4.69, 9.17) is 11.0 Å². The molecule has 7 heteroatoms. The van der Waals surface area contributed by atoms with Gasteiger partial charge in [-0.25, -0.2) is 4.98 Å². The first-order valence-corrected chi connectivity index (χ1v) is 5.70. The molecule has 0 aliphatic carbocycles. The molecule has 2 rings (SSSR count). The van der Waals surface area contributed by atoms with E-state index in [0.717, 1.165) is 5.56 Å². The number of nitrogen functional groups attached to an aromatic ring is 1. The van der Waals surface area contributed by atoms with Crippen LogP contribution < -0.4 is 11.1 Å². The quantitative estimate of drug-likeness (QED) is 0.652. The van der Waals surface area contributed by atoms with Crippen molar-refractivity contribution in [3.05, 3.63) is 51.6 Å². The van der Waals surface area contributed by atoms with Crippen molar-refractivity contribution in [1.29, 1.82) is 5.26 Å². The summed E-state index contributed by atoms with van der Waals surface area (Å²) in [7, 11) is 0. The van der Waals surface area contributed by atoms with Gasteiger partial charge in [0.25, 0.3) is 0 Å². The van der Waals surface area contributed by atoms with Crippen LogP contribution in [0.5, 0.6) is 0 Å². The van der Waals surface area contributed by atoms with Crippen molar-refractivity contribution < 1.29 is 4.92 Å². The molecule has 20 heavy (non-hydrogen) atoms. The van der Waals surface area contributed by atoms with E-state index < -0.39 is 4.92 Å². The van der Waals surface area contributed by atoms with Gasteiger partial charge in [-0.1, -0.05) is 12.1 Å². The highest BCUT2D eigenvalue weighted by atomic mass is 16.6. The normalized spacial score (nSPS) is 9.80. The summed E-state index contributed by atoms with van der Waals surface area (Å²) in [6.07, 6.45) is 0. The maximum Gasteiger partial charge on any atom is 0.311 e. The van der Waals surface area contributed by atoms with Gasteiger partial charge >= 0.3 is 5.69 Å². The van der Waals surface area contributed by atoms with Gasteiger partial charge in [-0.2, -0.15) is 5.26 Å². The zero-order valence-corrected chi connectivity index (χ0v) is 10.6. The lowest BCUT2D eigenvalue weighted by Crippen LogP contribution is -2.02. The zero-order valence-electron chi connectivity index (χ0n) is 10.6. The van der Waals surface area contributed by atoms with E-state index in [1.165, 1.54) is 12.1 Å². The number of aromatic nitrogens is 1. The van der Waals surface area contributed by atoms with E-state index in [-0.39, 0.29) is 11.5 Å². The predicted molar refractivity (Wildman–Crippen MR) is 74.5 cm³/mol. The van der Waals surface area contributed by atoms with Crippen LogP contribution in [0.4, 0.5) is 23.0 Å². The fourth-order valence-corrected chi connectivity index (χ4v) is 1.75. The molecule has 0 aliphatic rings. The Bertz CT molecular complexity index is 721. The van der Waals surface area contributed by atoms with Gasteiger partial charge < -0.3 is 11.1 Å². The van der Waals surface area contributed by atoms with Crippen LogP contribution in [0.25, 0.3) is 0 Å². The number of nitriles is 1. The maximum absolute atomic E-state index is 10.7. The number of benzene rings is 1. The van der Waals surface area contributed by atoms with Gasteiger partial charge in [-0.3, -0.25) is 10.1 Å². The summed E-state index contributed by atoms with van der Waals surface area (Å²) in [5.41, 5.74) is 7.16. The van der Waals surface area contributed by atoms with Crippen LogP contribution in [-0.2, 0) is 0 Å². The highest BCUT2D eigenvalue weighted by Gasteiger charge is 2.13. The highest BCUT2D eigenvalue weighted by molar-refractivity contribution is 5.68. The Hall–Kier alpha value is -3.14. The van der Waals surface area contributed by atoms with Gasteiger partial charge in [0.15, 0.2) is 0 Å². The van der Waals surface area contributed by atoms with E-state index in [0.29, 0.717) is 17.1 Å². The molecule has 7 nitrogen and oxygen atoms in total. The minimum Gasteiger partial charge on any atom is -0.378 e. The molecule has 0 aliphatic heterocycles. The molecule has 0 amide bonds. The maximum atomic E-state index is 10.7. The summed E-state index contributed by atoms with van der Waals surface area (Å²) in [4.78, 5) is 14.0.